The van der Waals surface area contributed by atoms with Crippen LogP contribution in [0.15, 0.2) is 28.9 Å². The van der Waals surface area contributed by atoms with Crippen molar-refractivity contribution in [1.82, 2.24) is 15.0 Å². The molecule has 0 atom stereocenters. The molecule has 17 heavy (non-hydrogen) atoms. The minimum absolute atomic E-state index is 0.544. The molecule has 0 bridgehead atoms. The molecule has 0 radical (unpaired) electrons. The van der Waals surface area contributed by atoms with E-state index in [-0.39, 0.29) is 0 Å². The van der Waals surface area contributed by atoms with Crippen LogP contribution in [0, 0.1) is 0 Å². The van der Waals surface area contributed by atoms with E-state index >= 15 is 0 Å². The molecule has 1 aromatic carbocycles. The van der Waals surface area contributed by atoms with Crippen molar-refractivity contribution in [2.45, 2.75) is 6.54 Å². The number of hydrogen-bond donors (Lipinski definition) is 1. The van der Waals surface area contributed by atoms with Gasteiger partial charge in [0.2, 0.25) is 0 Å². The van der Waals surface area contributed by atoms with Crippen molar-refractivity contribution in [2.75, 3.05) is 13.7 Å². The lowest BCUT2D eigenvalue weighted by molar-refractivity contribution is 0.415. The highest BCUT2D eigenvalue weighted by molar-refractivity contribution is 9.10. The van der Waals surface area contributed by atoms with Crippen molar-refractivity contribution < 1.29 is 4.74 Å². The van der Waals surface area contributed by atoms with Gasteiger partial charge in [-0.1, -0.05) is 21.1 Å². The number of benzene rings is 1. The normalized spacial score (nSPS) is 10.5. The van der Waals surface area contributed by atoms with E-state index in [1.807, 2.05) is 24.4 Å². The largest absolute Gasteiger partial charge is 0.497 e. The Morgan fingerprint density at radius 1 is 1.47 bits per heavy atom. The average molecular weight is 297 g/mol. The van der Waals surface area contributed by atoms with Gasteiger partial charge < -0.3 is 10.5 Å². The first-order valence-corrected chi connectivity index (χ1v) is 5.98. The fraction of sp³-hybridized carbons (Fsp3) is 0.273. The molecule has 2 aromatic rings. The maximum atomic E-state index is 5.47. The Morgan fingerprint density at radius 3 is 3.00 bits per heavy atom. The number of halogens is 1. The Bertz CT molecular complexity index is 512. The van der Waals surface area contributed by atoms with Gasteiger partial charge >= 0.3 is 0 Å². The Labute approximate surface area is 108 Å². The maximum absolute atomic E-state index is 5.47. The number of methoxy groups -OCH3 is 1. The van der Waals surface area contributed by atoms with Crippen LogP contribution in [0.1, 0.15) is 0 Å². The second-order valence-corrected chi connectivity index (χ2v) is 4.36. The molecule has 0 aliphatic carbocycles. The predicted octanol–water partition coefficient (Wildman–Crippen LogP) is 1.67. The highest BCUT2D eigenvalue weighted by atomic mass is 79.9. The van der Waals surface area contributed by atoms with Gasteiger partial charge in [0, 0.05) is 16.6 Å². The summed E-state index contributed by atoms with van der Waals surface area (Å²) in [7, 11) is 1.64. The summed E-state index contributed by atoms with van der Waals surface area (Å²) in [6, 6.07) is 5.73. The molecule has 0 saturated heterocycles. The van der Waals surface area contributed by atoms with Crippen LogP contribution in [0.5, 0.6) is 5.75 Å². The molecule has 90 valence electrons. The zero-order valence-corrected chi connectivity index (χ0v) is 11.0. The number of aromatic nitrogens is 3. The molecule has 0 aliphatic rings. The van der Waals surface area contributed by atoms with Crippen molar-refractivity contribution in [3.63, 3.8) is 0 Å². The first kappa shape index (κ1) is 12.1. The van der Waals surface area contributed by atoms with Gasteiger partial charge in [-0.25, -0.2) is 0 Å². The summed E-state index contributed by atoms with van der Waals surface area (Å²) in [5, 5.41) is 8.12. The minimum Gasteiger partial charge on any atom is -0.497 e. The first-order chi connectivity index (χ1) is 8.24. The zero-order valence-electron chi connectivity index (χ0n) is 9.43. The molecular weight excluding hydrogens is 284 g/mol. The molecule has 0 unspecified atom stereocenters. The molecule has 0 fully saturated rings. The fourth-order valence-corrected chi connectivity index (χ4v) is 1.94. The first-order valence-electron chi connectivity index (χ1n) is 5.18. The van der Waals surface area contributed by atoms with Gasteiger partial charge in [-0.3, -0.25) is 4.68 Å². The molecule has 5 nitrogen and oxygen atoms in total. The van der Waals surface area contributed by atoms with Crippen LogP contribution in [0.2, 0.25) is 0 Å². The molecule has 1 heterocycles. The van der Waals surface area contributed by atoms with Gasteiger partial charge in [0.1, 0.15) is 11.4 Å². The van der Waals surface area contributed by atoms with Crippen LogP contribution in [-0.2, 0) is 6.54 Å². The van der Waals surface area contributed by atoms with E-state index < -0.39 is 0 Å². The van der Waals surface area contributed by atoms with E-state index in [2.05, 4.69) is 26.2 Å². The highest BCUT2D eigenvalue weighted by Crippen LogP contribution is 2.30. The number of nitrogens with zero attached hydrogens (tertiary/aromatic N) is 3. The quantitative estimate of drug-likeness (QED) is 0.932. The summed E-state index contributed by atoms with van der Waals surface area (Å²) in [4.78, 5) is 0. The summed E-state index contributed by atoms with van der Waals surface area (Å²) in [5.41, 5.74) is 7.21. The van der Waals surface area contributed by atoms with Crippen LogP contribution >= 0.6 is 15.9 Å². The minimum atomic E-state index is 0.544. The van der Waals surface area contributed by atoms with Crippen LogP contribution in [0.25, 0.3) is 11.3 Å². The molecular formula is C11H13BrN4O. The third-order valence-corrected chi connectivity index (χ3v) is 3.04. The Morgan fingerprint density at radius 2 is 2.29 bits per heavy atom. The third-order valence-electron chi connectivity index (χ3n) is 2.35. The van der Waals surface area contributed by atoms with Gasteiger partial charge in [-0.05, 0) is 18.2 Å². The maximum Gasteiger partial charge on any atom is 0.119 e. The third kappa shape index (κ3) is 2.65. The second-order valence-electron chi connectivity index (χ2n) is 3.50. The smallest absolute Gasteiger partial charge is 0.119 e. The molecule has 1 aromatic heterocycles. The van der Waals surface area contributed by atoms with Crippen LogP contribution in [0.4, 0.5) is 0 Å². The fourth-order valence-electron chi connectivity index (χ4n) is 1.49. The molecule has 0 saturated carbocycles. The number of nitrogens with two attached hydrogens (primary N) is 1. The number of hydrogen-bond acceptors (Lipinski definition) is 4. The standard InChI is InChI=1S/C11H13BrN4O/c1-17-8-2-3-10(12)9(6-8)11-7-16(5-4-13)15-14-11/h2-3,6-7H,4-5,13H2,1H3. The van der Waals surface area contributed by atoms with Crippen molar-refractivity contribution >= 4 is 15.9 Å². The lowest BCUT2D eigenvalue weighted by Gasteiger charge is -2.04. The topological polar surface area (TPSA) is 66.0 Å². The summed E-state index contributed by atoms with van der Waals surface area (Å²) >= 11 is 3.49. The van der Waals surface area contributed by atoms with Crippen LogP contribution in [-0.4, -0.2) is 28.6 Å². The van der Waals surface area contributed by atoms with Crippen molar-refractivity contribution in [3.05, 3.63) is 28.9 Å². The molecule has 6 heteroatoms. The number of ether oxygens (including phenoxy) is 1. The summed E-state index contributed by atoms with van der Waals surface area (Å²) in [6.45, 7) is 1.21. The molecule has 0 spiro atoms. The molecule has 0 aliphatic heterocycles. The Balaban J connectivity index is 2.37. The average Bonchev–Trinajstić information content (AvgIpc) is 2.79. The highest BCUT2D eigenvalue weighted by Gasteiger charge is 2.09. The lowest BCUT2D eigenvalue weighted by atomic mass is 10.1. The van der Waals surface area contributed by atoms with Crippen molar-refractivity contribution in [2.24, 2.45) is 5.73 Å². The molecule has 2 N–H and O–H groups in total. The molecule has 0 amide bonds. The van der Waals surface area contributed by atoms with E-state index in [4.69, 9.17) is 10.5 Å². The van der Waals surface area contributed by atoms with Gasteiger partial charge in [-0.15, -0.1) is 5.10 Å². The van der Waals surface area contributed by atoms with E-state index in [0.29, 0.717) is 13.1 Å². The molecule has 2 rings (SSSR count). The summed E-state index contributed by atoms with van der Waals surface area (Å²) < 4.78 is 7.87. The van der Waals surface area contributed by atoms with Gasteiger partial charge in [0.25, 0.3) is 0 Å². The van der Waals surface area contributed by atoms with E-state index in [1.54, 1.807) is 11.8 Å². The van der Waals surface area contributed by atoms with Crippen LogP contribution in [0.3, 0.4) is 0 Å². The van der Waals surface area contributed by atoms with Gasteiger partial charge in [0.05, 0.1) is 19.9 Å². The SMILES string of the molecule is COc1ccc(Br)c(-c2cn(CCN)nn2)c1. The predicted molar refractivity (Wildman–Crippen MR) is 68.8 cm³/mol. The van der Waals surface area contributed by atoms with Crippen LogP contribution < -0.4 is 10.5 Å². The Hall–Kier alpha value is -1.40. The lowest BCUT2D eigenvalue weighted by Crippen LogP contribution is -2.10. The van der Waals surface area contributed by atoms with Gasteiger partial charge in [0.15, 0.2) is 0 Å². The van der Waals surface area contributed by atoms with E-state index in [1.165, 1.54) is 0 Å². The summed E-state index contributed by atoms with van der Waals surface area (Å²) in [5.74, 6) is 0.788. The second kappa shape index (κ2) is 5.29. The van der Waals surface area contributed by atoms with E-state index in [0.717, 1.165) is 21.5 Å². The van der Waals surface area contributed by atoms with Crippen molar-refractivity contribution in [1.29, 1.82) is 0 Å². The van der Waals surface area contributed by atoms with Crippen molar-refractivity contribution in [3.8, 4) is 17.0 Å². The monoisotopic (exact) mass is 296 g/mol. The zero-order chi connectivity index (χ0) is 12.3. The Kier molecular flexibility index (Phi) is 3.75. The number of rotatable bonds is 4. The van der Waals surface area contributed by atoms with E-state index in [9.17, 15) is 0 Å². The summed E-state index contributed by atoms with van der Waals surface area (Å²) in [6.07, 6.45) is 1.87. The van der Waals surface area contributed by atoms with Gasteiger partial charge in [-0.2, -0.15) is 0 Å².